The molecular formula is C19H17N5O3S. The van der Waals surface area contributed by atoms with Gasteiger partial charge in [0.25, 0.3) is 0 Å². The molecule has 0 bridgehead atoms. The summed E-state index contributed by atoms with van der Waals surface area (Å²) >= 11 is 1.25. The van der Waals surface area contributed by atoms with Crippen LogP contribution < -0.4 is 10.1 Å². The highest BCUT2D eigenvalue weighted by Crippen LogP contribution is 2.25. The molecular weight excluding hydrogens is 378 g/mol. The first-order valence-corrected chi connectivity index (χ1v) is 9.64. The number of fused-ring (bicyclic) bond motifs is 1. The summed E-state index contributed by atoms with van der Waals surface area (Å²) in [6.07, 6.45) is 1.59. The van der Waals surface area contributed by atoms with E-state index in [9.17, 15) is 4.79 Å². The lowest BCUT2D eigenvalue weighted by Crippen LogP contribution is -2.15. The van der Waals surface area contributed by atoms with Crippen LogP contribution in [0, 0.1) is 0 Å². The molecule has 0 aliphatic rings. The molecule has 4 rings (SSSR count). The molecule has 1 amide bonds. The summed E-state index contributed by atoms with van der Waals surface area (Å²) in [5, 5.41) is 16.1. The molecule has 3 aromatic heterocycles. The van der Waals surface area contributed by atoms with E-state index in [0.717, 1.165) is 0 Å². The number of furan rings is 1. The number of thioether (sulfide) groups is 1. The second kappa shape index (κ2) is 8.13. The van der Waals surface area contributed by atoms with Crippen molar-refractivity contribution >= 4 is 29.0 Å². The molecule has 0 spiro atoms. The van der Waals surface area contributed by atoms with E-state index >= 15 is 0 Å². The predicted molar refractivity (Wildman–Crippen MR) is 105 cm³/mol. The number of ether oxygens (including phenoxy) is 1. The molecule has 0 atom stereocenters. The number of hydrogen-bond donors (Lipinski definition) is 1. The van der Waals surface area contributed by atoms with Crippen molar-refractivity contribution in [3.05, 3.63) is 54.8 Å². The van der Waals surface area contributed by atoms with Crippen molar-refractivity contribution in [3.8, 4) is 17.2 Å². The van der Waals surface area contributed by atoms with Gasteiger partial charge in [0.1, 0.15) is 11.4 Å². The lowest BCUT2D eigenvalue weighted by Gasteiger charge is -2.10. The maximum absolute atomic E-state index is 12.4. The molecule has 0 aliphatic heterocycles. The predicted octanol–water partition coefficient (Wildman–Crippen LogP) is 3.51. The van der Waals surface area contributed by atoms with Gasteiger partial charge in [-0.1, -0.05) is 23.9 Å². The normalized spacial score (nSPS) is 10.9. The van der Waals surface area contributed by atoms with Crippen molar-refractivity contribution in [1.82, 2.24) is 19.8 Å². The molecule has 0 saturated carbocycles. The van der Waals surface area contributed by atoms with E-state index in [-0.39, 0.29) is 11.7 Å². The van der Waals surface area contributed by atoms with E-state index in [1.165, 1.54) is 11.8 Å². The Balaban J connectivity index is 1.47. The molecule has 1 N–H and O–H groups in total. The molecule has 0 saturated heterocycles. The topological polar surface area (TPSA) is 94.5 Å². The number of nitrogens with zero attached hydrogens (tertiary/aromatic N) is 4. The highest BCUT2D eigenvalue weighted by molar-refractivity contribution is 7.99. The molecule has 142 valence electrons. The summed E-state index contributed by atoms with van der Waals surface area (Å²) < 4.78 is 12.5. The van der Waals surface area contributed by atoms with Crippen LogP contribution in [0.3, 0.4) is 0 Å². The van der Waals surface area contributed by atoms with E-state index in [1.807, 2.05) is 37.3 Å². The van der Waals surface area contributed by atoms with E-state index in [1.54, 1.807) is 29.0 Å². The number of carbonyl (C=O) groups is 1. The largest absolute Gasteiger partial charge is 0.492 e. The second-order valence-electron chi connectivity index (χ2n) is 5.71. The third-order valence-corrected chi connectivity index (χ3v) is 4.72. The molecule has 0 fully saturated rings. The molecule has 9 heteroatoms. The van der Waals surface area contributed by atoms with Crippen LogP contribution in [0.5, 0.6) is 5.75 Å². The second-order valence-corrected chi connectivity index (χ2v) is 6.66. The first-order chi connectivity index (χ1) is 13.7. The first-order valence-electron chi connectivity index (χ1n) is 8.65. The standard InChI is InChI=1S/C19H17N5O3S/c1-2-26-15-7-4-3-6-13(15)20-18(25)12-28-19-22-21-17-10-9-14(23-24(17)19)16-8-5-11-27-16/h3-11H,2,12H2,1H3,(H,20,25). The molecule has 4 aromatic rings. The zero-order valence-electron chi connectivity index (χ0n) is 15.0. The zero-order chi connectivity index (χ0) is 19.3. The number of aromatic nitrogens is 4. The number of amides is 1. The maximum atomic E-state index is 12.4. The van der Waals surface area contributed by atoms with Gasteiger partial charge in [0.2, 0.25) is 11.1 Å². The quantitative estimate of drug-likeness (QED) is 0.479. The van der Waals surface area contributed by atoms with Crippen LogP contribution in [0.4, 0.5) is 5.69 Å². The number of para-hydroxylation sites is 2. The minimum atomic E-state index is -0.170. The van der Waals surface area contributed by atoms with Gasteiger partial charge < -0.3 is 14.5 Å². The van der Waals surface area contributed by atoms with Crippen LogP contribution in [-0.4, -0.2) is 38.1 Å². The fraction of sp³-hybridized carbons (Fsp3) is 0.158. The van der Waals surface area contributed by atoms with Crippen molar-refractivity contribution in [2.75, 3.05) is 17.7 Å². The summed E-state index contributed by atoms with van der Waals surface area (Å²) in [5.74, 6) is 1.28. The minimum absolute atomic E-state index is 0.161. The Hall–Kier alpha value is -3.33. The van der Waals surface area contributed by atoms with Gasteiger partial charge >= 0.3 is 0 Å². The van der Waals surface area contributed by atoms with Crippen molar-refractivity contribution in [2.45, 2.75) is 12.1 Å². The molecule has 3 heterocycles. The average molecular weight is 395 g/mol. The lowest BCUT2D eigenvalue weighted by atomic mass is 10.3. The molecule has 0 aliphatic carbocycles. The van der Waals surface area contributed by atoms with Gasteiger partial charge in [-0.15, -0.1) is 10.2 Å². The van der Waals surface area contributed by atoms with Crippen LogP contribution >= 0.6 is 11.8 Å². The number of carbonyl (C=O) groups excluding carboxylic acids is 1. The van der Waals surface area contributed by atoms with E-state index in [4.69, 9.17) is 9.15 Å². The third-order valence-electron chi connectivity index (χ3n) is 3.80. The number of anilines is 1. The van der Waals surface area contributed by atoms with Gasteiger partial charge in [-0.25, -0.2) is 0 Å². The monoisotopic (exact) mass is 395 g/mol. The van der Waals surface area contributed by atoms with Crippen LogP contribution in [0.25, 0.3) is 17.1 Å². The van der Waals surface area contributed by atoms with Crippen molar-refractivity contribution in [2.24, 2.45) is 0 Å². The summed E-state index contributed by atoms with van der Waals surface area (Å²) in [5.41, 5.74) is 1.90. The van der Waals surface area contributed by atoms with Gasteiger partial charge in [-0.05, 0) is 43.3 Å². The Morgan fingerprint density at radius 3 is 2.89 bits per heavy atom. The Bertz CT molecular complexity index is 1090. The van der Waals surface area contributed by atoms with Crippen LogP contribution in [0.15, 0.2) is 64.4 Å². The summed E-state index contributed by atoms with van der Waals surface area (Å²) in [6.45, 7) is 2.42. The fourth-order valence-electron chi connectivity index (χ4n) is 2.58. The van der Waals surface area contributed by atoms with Crippen LogP contribution in [0.2, 0.25) is 0 Å². The van der Waals surface area contributed by atoms with Gasteiger partial charge in [-0.3, -0.25) is 4.79 Å². The van der Waals surface area contributed by atoms with Gasteiger partial charge in [-0.2, -0.15) is 9.61 Å². The third kappa shape index (κ3) is 3.84. The van der Waals surface area contributed by atoms with Gasteiger partial charge in [0.15, 0.2) is 11.4 Å². The van der Waals surface area contributed by atoms with Crippen molar-refractivity contribution < 1.29 is 13.9 Å². The summed E-state index contributed by atoms with van der Waals surface area (Å²) in [7, 11) is 0. The van der Waals surface area contributed by atoms with Crippen LogP contribution in [-0.2, 0) is 4.79 Å². The number of benzene rings is 1. The van der Waals surface area contributed by atoms with Crippen molar-refractivity contribution in [1.29, 1.82) is 0 Å². The molecule has 8 nitrogen and oxygen atoms in total. The van der Waals surface area contributed by atoms with E-state index in [0.29, 0.717) is 40.3 Å². The average Bonchev–Trinajstić information content (AvgIpc) is 3.38. The Morgan fingerprint density at radius 2 is 2.07 bits per heavy atom. The van der Waals surface area contributed by atoms with E-state index < -0.39 is 0 Å². The number of nitrogens with one attached hydrogen (secondary N) is 1. The van der Waals surface area contributed by atoms with E-state index in [2.05, 4.69) is 20.6 Å². The van der Waals surface area contributed by atoms with Crippen LogP contribution in [0.1, 0.15) is 6.92 Å². The fourth-order valence-corrected chi connectivity index (χ4v) is 3.27. The lowest BCUT2D eigenvalue weighted by molar-refractivity contribution is -0.113. The Labute approximate surface area is 164 Å². The smallest absolute Gasteiger partial charge is 0.234 e. The molecule has 0 unspecified atom stereocenters. The maximum Gasteiger partial charge on any atom is 0.234 e. The Kier molecular flexibility index (Phi) is 5.24. The summed E-state index contributed by atoms with van der Waals surface area (Å²) in [4.78, 5) is 12.4. The molecule has 28 heavy (non-hydrogen) atoms. The SMILES string of the molecule is CCOc1ccccc1NC(=O)CSc1nnc2ccc(-c3ccco3)nn12. The van der Waals surface area contributed by atoms with Crippen molar-refractivity contribution in [3.63, 3.8) is 0 Å². The Morgan fingerprint density at radius 1 is 1.18 bits per heavy atom. The molecule has 0 radical (unpaired) electrons. The number of rotatable bonds is 7. The highest BCUT2D eigenvalue weighted by Gasteiger charge is 2.13. The molecule has 1 aromatic carbocycles. The highest BCUT2D eigenvalue weighted by atomic mass is 32.2. The number of hydrogen-bond acceptors (Lipinski definition) is 7. The van der Waals surface area contributed by atoms with Gasteiger partial charge in [0, 0.05) is 0 Å². The van der Waals surface area contributed by atoms with Gasteiger partial charge in [0.05, 0.1) is 24.3 Å². The summed E-state index contributed by atoms with van der Waals surface area (Å²) in [6, 6.07) is 14.6. The minimum Gasteiger partial charge on any atom is -0.492 e. The first kappa shape index (κ1) is 18.1. The zero-order valence-corrected chi connectivity index (χ0v) is 15.8.